The van der Waals surface area contributed by atoms with Gasteiger partial charge in [-0.15, -0.1) is 13.2 Å². The molecule has 7 heteroatoms. The molecule has 2 unspecified atom stereocenters. The molecular weight excluding hydrogens is 285 g/mol. The van der Waals surface area contributed by atoms with Crippen molar-refractivity contribution in [2.45, 2.75) is 25.7 Å². The van der Waals surface area contributed by atoms with Gasteiger partial charge in [0, 0.05) is 11.6 Å². The van der Waals surface area contributed by atoms with Gasteiger partial charge in [0.25, 0.3) is 5.91 Å². The first-order valence-electron chi connectivity index (χ1n) is 6.72. The van der Waals surface area contributed by atoms with Crippen LogP contribution in [0.1, 0.15) is 23.7 Å². The van der Waals surface area contributed by atoms with Gasteiger partial charge in [-0.3, -0.25) is 4.79 Å². The Kier molecular flexibility index (Phi) is 4.72. The third kappa shape index (κ3) is 4.63. The predicted molar refractivity (Wildman–Crippen MR) is 71.0 cm³/mol. The molecule has 2 rings (SSSR count). The number of hydrogen-bond acceptors (Lipinski definition) is 3. The van der Waals surface area contributed by atoms with Crippen LogP contribution in [-0.2, 0) is 0 Å². The summed E-state index contributed by atoms with van der Waals surface area (Å²) < 4.78 is 39.9. The van der Waals surface area contributed by atoms with Crippen molar-refractivity contribution in [1.82, 2.24) is 10.6 Å². The first kappa shape index (κ1) is 15.6. The minimum atomic E-state index is -4.73. The summed E-state index contributed by atoms with van der Waals surface area (Å²) in [5.74, 6) is -0.262. The number of ether oxygens (including phenoxy) is 1. The lowest BCUT2D eigenvalue weighted by molar-refractivity contribution is -0.274. The quantitative estimate of drug-likeness (QED) is 0.897. The maximum absolute atomic E-state index is 12.0. The van der Waals surface area contributed by atoms with Gasteiger partial charge in [-0.25, -0.2) is 0 Å². The van der Waals surface area contributed by atoms with Gasteiger partial charge in [0.2, 0.25) is 0 Å². The summed E-state index contributed by atoms with van der Waals surface area (Å²) in [6, 6.07) is 4.90. The van der Waals surface area contributed by atoms with Crippen LogP contribution in [0.2, 0.25) is 0 Å². The van der Waals surface area contributed by atoms with Gasteiger partial charge < -0.3 is 15.4 Å². The van der Waals surface area contributed by atoms with E-state index in [-0.39, 0.29) is 17.7 Å². The minimum absolute atomic E-state index is 0.0126. The fraction of sp³-hybridized carbons (Fsp3) is 0.500. The highest BCUT2D eigenvalue weighted by atomic mass is 19.4. The van der Waals surface area contributed by atoms with Crippen molar-refractivity contribution in [2.24, 2.45) is 5.92 Å². The van der Waals surface area contributed by atoms with E-state index in [0.717, 1.165) is 31.6 Å². The van der Waals surface area contributed by atoms with Crippen LogP contribution < -0.4 is 15.4 Å². The Labute approximate surface area is 120 Å². The van der Waals surface area contributed by atoms with Gasteiger partial charge in [0.15, 0.2) is 0 Å². The van der Waals surface area contributed by atoms with Crippen molar-refractivity contribution < 1.29 is 22.7 Å². The summed E-state index contributed by atoms with van der Waals surface area (Å²) in [6.45, 7) is 3.73. The number of alkyl halides is 3. The Balaban J connectivity index is 1.93. The fourth-order valence-corrected chi connectivity index (χ4v) is 2.32. The molecule has 2 N–H and O–H groups in total. The number of halogens is 3. The Morgan fingerprint density at radius 1 is 1.38 bits per heavy atom. The van der Waals surface area contributed by atoms with E-state index in [9.17, 15) is 18.0 Å². The Morgan fingerprint density at radius 2 is 2.05 bits per heavy atom. The molecule has 1 heterocycles. The number of carbonyl (C=O) groups excluding carboxylic acids is 1. The topological polar surface area (TPSA) is 50.4 Å². The second-order valence-corrected chi connectivity index (χ2v) is 5.09. The largest absolute Gasteiger partial charge is 0.573 e. The molecule has 0 aliphatic carbocycles. The highest BCUT2D eigenvalue weighted by Gasteiger charge is 2.31. The molecule has 21 heavy (non-hydrogen) atoms. The fourth-order valence-electron chi connectivity index (χ4n) is 2.32. The highest BCUT2D eigenvalue weighted by Crippen LogP contribution is 2.22. The van der Waals surface area contributed by atoms with Gasteiger partial charge in [0.1, 0.15) is 5.75 Å². The Hall–Kier alpha value is -1.76. The SMILES string of the molecule is CC(NC(=O)c1ccc(OC(F)(F)F)cc1)C1CCNC1. The van der Waals surface area contributed by atoms with E-state index in [2.05, 4.69) is 15.4 Å². The van der Waals surface area contributed by atoms with Gasteiger partial charge in [-0.1, -0.05) is 0 Å². The normalized spacial score (nSPS) is 20.1. The maximum Gasteiger partial charge on any atom is 0.573 e. The first-order valence-corrected chi connectivity index (χ1v) is 6.72. The molecule has 1 saturated heterocycles. The highest BCUT2D eigenvalue weighted by molar-refractivity contribution is 5.94. The van der Waals surface area contributed by atoms with Crippen molar-refractivity contribution in [3.8, 4) is 5.75 Å². The Bertz CT molecular complexity index is 482. The zero-order valence-electron chi connectivity index (χ0n) is 11.5. The number of benzene rings is 1. The molecule has 0 saturated carbocycles. The molecular formula is C14H17F3N2O2. The summed E-state index contributed by atoms with van der Waals surface area (Å²) >= 11 is 0. The molecule has 1 amide bonds. The molecule has 2 atom stereocenters. The molecule has 1 aromatic carbocycles. The van der Waals surface area contributed by atoms with E-state index in [1.807, 2.05) is 6.92 Å². The molecule has 1 aliphatic heterocycles. The van der Waals surface area contributed by atoms with E-state index < -0.39 is 6.36 Å². The van der Waals surface area contributed by atoms with E-state index in [4.69, 9.17) is 0 Å². The lowest BCUT2D eigenvalue weighted by Gasteiger charge is -2.19. The minimum Gasteiger partial charge on any atom is -0.406 e. The number of carbonyl (C=O) groups is 1. The Morgan fingerprint density at radius 3 is 2.57 bits per heavy atom. The predicted octanol–water partition coefficient (Wildman–Crippen LogP) is 2.31. The number of hydrogen-bond donors (Lipinski definition) is 2. The summed E-state index contributed by atoms with van der Waals surface area (Å²) in [6.07, 6.45) is -3.73. The van der Waals surface area contributed by atoms with Crippen LogP contribution in [0, 0.1) is 5.92 Å². The number of amides is 1. The van der Waals surface area contributed by atoms with Crippen LogP contribution in [0.25, 0.3) is 0 Å². The average molecular weight is 302 g/mol. The molecule has 4 nitrogen and oxygen atoms in total. The smallest absolute Gasteiger partial charge is 0.406 e. The lowest BCUT2D eigenvalue weighted by Crippen LogP contribution is -2.38. The zero-order valence-corrected chi connectivity index (χ0v) is 11.5. The number of rotatable bonds is 4. The van der Waals surface area contributed by atoms with Gasteiger partial charge in [0.05, 0.1) is 0 Å². The van der Waals surface area contributed by atoms with E-state index in [1.54, 1.807) is 0 Å². The third-order valence-corrected chi connectivity index (χ3v) is 3.51. The van der Waals surface area contributed by atoms with Crippen LogP contribution in [0.15, 0.2) is 24.3 Å². The molecule has 0 spiro atoms. The molecule has 0 radical (unpaired) electrons. The van der Waals surface area contributed by atoms with Crippen LogP contribution in [0.4, 0.5) is 13.2 Å². The van der Waals surface area contributed by atoms with Crippen molar-refractivity contribution in [3.63, 3.8) is 0 Å². The van der Waals surface area contributed by atoms with E-state index in [0.29, 0.717) is 11.5 Å². The second-order valence-electron chi connectivity index (χ2n) is 5.09. The van der Waals surface area contributed by atoms with E-state index >= 15 is 0 Å². The second kappa shape index (κ2) is 6.34. The van der Waals surface area contributed by atoms with Crippen molar-refractivity contribution in [2.75, 3.05) is 13.1 Å². The zero-order chi connectivity index (χ0) is 15.5. The molecule has 116 valence electrons. The van der Waals surface area contributed by atoms with Crippen molar-refractivity contribution in [3.05, 3.63) is 29.8 Å². The van der Waals surface area contributed by atoms with Crippen LogP contribution in [0.3, 0.4) is 0 Å². The standard InChI is InChI=1S/C14H17F3N2O2/c1-9(11-6-7-18-8-11)19-13(20)10-2-4-12(5-3-10)21-14(15,16)17/h2-5,9,11,18H,6-8H2,1H3,(H,19,20). The van der Waals surface area contributed by atoms with Gasteiger partial charge >= 0.3 is 6.36 Å². The van der Waals surface area contributed by atoms with E-state index in [1.165, 1.54) is 12.1 Å². The lowest BCUT2D eigenvalue weighted by atomic mass is 10.0. The maximum atomic E-state index is 12.0. The van der Waals surface area contributed by atoms with Crippen LogP contribution in [-0.4, -0.2) is 31.4 Å². The van der Waals surface area contributed by atoms with Gasteiger partial charge in [-0.05, 0) is 56.6 Å². The monoisotopic (exact) mass is 302 g/mol. The third-order valence-electron chi connectivity index (χ3n) is 3.51. The summed E-state index contributed by atoms with van der Waals surface area (Å²) in [7, 11) is 0. The number of nitrogens with one attached hydrogen (secondary N) is 2. The van der Waals surface area contributed by atoms with Crippen molar-refractivity contribution in [1.29, 1.82) is 0 Å². The summed E-state index contributed by atoms with van der Waals surface area (Å²) in [5, 5.41) is 6.08. The van der Waals surface area contributed by atoms with Crippen LogP contribution >= 0.6 is 0 Å². The summed E-state index contributed by atoms with van der Waals surface area (Å²) in [4.78, 5) is 12.0. The molecule has 1 aliphatic rings. The first-order chi connectivity index (χ1) is 9.85. The average Bonchev–Trinajstić information content (AvgIpc) is 2.91. The molecule has 1 fully saturated rings. The summed E-state index contributed by atoms with van der Waals surface area (Å²) in [5.41, 5.74) is 0.308. The van der Waals surface area contributed by atoms with Crippen LogP contribution in [0.5, 0.6) is 5.75 Å². The molecule has 0 aromatic heterocycles. The molecule has 1 aromatic rings. The van der Waals surface area contributed by atoms with Gasteiger partial charge in [-0.2, -0.15) is 0 Å². The molecule has 0 bridgehead atoms. The van der Waals surface area contributed by atoms with Crippen molar-refractivity contribution >= 4 is 5.91 Å².